The van der Waals surface area contributed by atoms with Crippen LogP contribution in [0.5, 0.6) is 0 Å². The van der Waals surface area contributed by atoms with Gasteiger partial charge in [0.2, 0.25) is 11.8 Å². The Labute approximate surface area is 101 Å². The molecule has 0 radical (unpaired) electrons. The Kier molecular flexibility index (Phi) is 5.60. The van der Waals surface area contributed by atoms with E-state index in [4.69, 9.17) is 11.6 Å². The molecule has 0 spiro atoms. The highest BCUT2D eigenvalue weighted by Gasteiger charge is 2.17. The molecule has 0 heterocycles. The molecule has 0 aromatic carbocycles. The van der Waals surface area contributed by atoms with Crippen molar-refractivity contribution in [1.82, 2.24) is 10.2 Å². The molecule has 4 nitrogen and oxygen atoms in total. The fourth-order valence-electron chi connectivity index (χ4n) is 1.93. The molecule has 1 fully saturated rings. The van der Waals surface area contributed by atoms with Gasteiger partial charge in [0.1, 0.15) is 5.88 Å². The molecule has 0 unspecified atom stereocenters. The summed E-state index contributed by atoms with van der Waals surface area (Å²) in [5.74, 6) is -0.388. The second-order valence-corrected chi connectivity index (χ2v) is 4.55. The monoisotopic (exact) mass is 246 g/mol. The molecule has 0 aliphatic heterocycles. The highest BCUT2D eigenvalue weighted by molar-refractivity contribution is 6.27. The van der Waals surface area contributed by atoms with Crippen LogP contribution in [0.25, 0.3) is 0 Å². The second-order valence-electron chi connectivity index (χ2n) is 4.29. The van der Waals surface area contributed by atoms with E-state index in [1.807, 2.05) is 0 Å². The highest BCUT2D eigenvalue weighted by Crippen LogP contribution is 2.17. The number of hydrogen-bond donors (Lipinski definition) is 1. The minimum atomic E-state index is -0.222. The number of carbonyl (C=O) groups excluding carboxylic acids is 2. The first-order valence-corrected chi connectivity index (χ1v) is 6.26. The van der Waals surface area contributed by atoms with E-state index < -0.39 is 0 Å². The normalized spacial score (nSPS) is 16.9. The molecular weight excluding hydrogens is 228 g/mol. The number of likely N-dealkylation sites (N-methyl/N-ethyl adjacent to an activating group) is 1. The molecular formula is C11H19ClN2O2. The van der Waals surface area contributed by atoms with Crippen molar-refractivity contribution in [1.29, 1.82) is 0 Å². The molecule has 0 aromatic rings. The predicted molar refractivity (Wildman–Crippen MR) is 63.4 cm³/mol. The summed E-state index contributed by atoms with van der Waals surface area (Å²) in [5, 5.41) is 2.95. The molecule has 0 aromatic heterocycles. The third-order valence-corrected chi connectivity index (χ3v) is 3.12. The maximum atomic E-state index is 11.6. The van der Waals surface area contributed by atoms with Gasteiger partial charge in [-0.2, -0.15) is 0 Å². The first kappa shape index (κ1) is 13.3. The summed E-state index contributed by atoms with van der Waals surface area (Å²) in [6, 6.07) is 0.292. The smallest absolute Gasteiger partial charge is 0.239 e. The fraction of sp³-hybridized carbons (Fsp3) is 0.818. The van der Waals surface area contributed by atoms with Crippen molar-refractivity contribution < 1.29 is 9.59 Å². The largest absolute Gasteiger partial charge is 0.352 e. The van der Waals surface area contributed by atoms with Crippen molar-refractivity contribution in [3.63, 3.8) is 0 Å². The van der Waals surface area contributed by atoms with E-state index in [1.54, 1.807) is 7.05 Å². The Morgan fingerprint density at radius 3 is 2.50 bits per heavy atom. The lowest BCUT2D eigenvalue weighted by Gasteiger charge is -2.24. The van der Waals surface area contributed by atoms with Gasteiger partial charge in [0.15, 0.2) is 0 Å². The van der Waals surface area contributed by atoms with Crippen molar-refractivity contribution in [3.8, 4) is 0 Å². The van der Waals surface area contributed by atoms with Crippen LogP contribution >= 0.6 is 11.6 Å². The summed E-state index contributed by atoms with van der Waals surface area (Å²) in [7, 11) is 1.59. The summed E-state index contributed by atoms with van der Waals surface area (Å²) < 4.78 is 0. The van der Waals surface area contributed by atoms with Crippen LogP contribution in [0.15, 0.2) is 0 Å². The van der Waals surface area contributed by atoms with Gasteiger partial charge in [-0.1, -0.05) is 19.3 Å². The summed E-state index contributed by atoms with van der Waals surface area (Å²) in [6.45, 7) is 0.0993. The van der Waals surface area contributed by atoms with Gasteiger partial charge in [-0.3, -0.25) is 9.59 Å². The van der Waals surface area contributed by atoms with Crippen LogP contribution in [0, 0.1) is 0 Å². The Morgan fingerprint density at radius 2 is 1.94 bits per heavy atom. The Morgan fingerprint density at radius 1 is 1.31 bits per heavy atom. The Hall–Kier alpha value is -0.770. The van der Waals surface area contributed by atoms with Crippen molar-refractivity contribution in [2.24, 2.45) is 0 Å². The standard InChI is InChI=1S/C11H19ClN2O2/c1-14(11(16)7-12)8-10(15)13-9-5-3-2-4-6-9/h9H,2-8H2,1H3,(H,13,15). The molecule has 0 atom stereocenters. The lowest BCUT2D eigenvalue weighted by molar-refractivity contribution is -0.133. The summed E-state index contributed by atoms with van der Waals surface area (Å²) in [4.78, 5) is 24.1. The zero-order valence-electron chi connectivity index (χ0n) is 9.67. The number of halogens is 1. The van der Waals surface area contributed by atoms with E-state index in [1.165, 1.54) is 24.2 Å². The topological polar surface area (TPSA) is 49.4 Å². The lowest BCUT2D eigenvalue weighted by atomic mass is 9.95. The van der Waals surface area contributed by atoms with Crippen LogP contribution in [0.3, 0.4) is 0 Å². The predicted octanol–water partition coefficient (Wildman–Crippen LogP) is 1.13. The van der Waals surface area contributed by atoms with Gasteiger partial charge in [0.05, 0.1) is 6.54 Å². The molecule has 1 saturated carbocycles. The van der Waals surface area contributed by atoms with Gasteiger partial charge in [0.25, 0.3) is 0 Å². The van der Waals surface area contributed by atoms with Crippen LogP contribution in [0.2, 0.25) is 0 Å². The van der Waals surface area contributed by atoms with Gasteiger partial charge in [0, 0.05) is 13.1 Å². The number of amides is 2. The molecule has 1 aliphatic rings. The molecule has 5 heteroatoms. The van der Waals surface area contributed by atoms with Crippen molar-refractivity contribution in [2.45, 2.75) is 38.1 Å². The van der Waals surface area contributed by atoms with E-state index in [2.05, 4.69) is 5.32 Å². The van der Waals surface area contributed by atoms with E-state index in [0.717, 1.165) is 12.8 Å². The van der Waals surface area contributed by atoms with Crippen LogP contribution in [-0.2, 0) is 9.59 Å². The van der Waals surface area contributed by atoms with Crippen molar-refractivity contribution >= 4 is 23.4 Å². The minimum Gasteiger partial charge on any atom is -0.352 e. The average Bonchev–Trinajstić information content (AvgIpc) is 2.29. The first-order valence-electron chi connectivity index (χ1n) is 5.72. The van der Waals surface area contributed by atoms with Gasteiger partial charge < -0.3 is 10.2 Å². The van der Waals surface area contributed by atoms with Crippen LogP contribution in [0.1, 0.15) is 32.1 Å². The minimum absolute atomic E-state index is 0.0762. The van der Waals surface area contributed by atoms with Crippen molar-refractivity contribution in [3.05, 3.63) is 0 Å². The third kappa shape index (κ3) is 4.39. The van der Waals surface area contributed by atoms with Gasteiger partial charge in [-0.15, -0.1) is 11.6 Å². The molecule has 92 valence electrons. The summed E-state index contributed by atoms with van der Waals surface area (Å²) >= 11 is 5.40. The molecule has 2 amide bonds. The highest BCUT2D eigenvalue weighted by atomic mass is 35.5. The lowest BCUT2D eigenvalue weighted by Crippen LogP contribution is -2.43. The van der Waals surface area contributed by atoms with Crippen LogP contribution in [-0.4, -0.2) is 42.2 Å². The van der Waals surface area contributed by atoms with Gasteiger partial charge in [-0.25, -0.2) is 0 Å². The number of alkyl halides is 1. The van der Waals surface area contributed by atoms with Gasteiger partial charge in [-0.05, 0) is 12.8 Å². The van der Waals surface area contributed by atoms with E-state index >= 15 is 0 Å². The molecule has 1 aliphatic carbocycles. The summed E-state index contributed by atoms with van der Waals surface area (Å²) in [6.07, 6.45) is 5.73. The maximum absolute atomic E-state index is 11.6. The van der Waals surface area contributed by atoms with E-state index in [-0.39, 0.29) is 24.2 Å². The summed E-state index contributed by atoms with van der Waals surface area (Å²) in [5.41, 5.74) is 0. The Bertz CT molecular complexity index is 252. The van der Waals surface area contributed by atoms with Crippen LogP contribution in [0.4, 0.5) is 0 Å². The van der Waals surface area contributed by atoms with Gasteiger partial charge >= 0.3 is 0 Å². The Balaban J connectivity index is 2.26. The SMILES string of the molecule is CN(CC(=O)NC1CCCCC1)C(=O)CCl. The zero-order valence-corrected chi connectivity index (χ0v) is 10.4. The third-order valence-electron chi connectivity index (χ3n) is 2.89. The maximum Gasteiger partial charge on any atom is 0.239 e. The molecule has 16 heavy (non-hydrogen) atoms. The molecule has 1 rings (SSSR count). The number of hydrogen-bond acceptors (Lipinski definition) is 2. The zero-order chi connectivity index (χ0) is 12.0. The fourth-order valence-corrected chi connectivity index (χ4v) is 2.13. The van der Waals surface area contributed by atoms with Crippen molar-refractivity contribution in [2.75, 3.05) is 19.5 Å². The molecule has 1 N–H and O–H groups in total. The number of nitrogens with zero attached hydrogens (tertiary/aromatic N) is 1. The molecule has 0 bridgehead atoms. The number of rotatable bonds is 4. The molecule has 0 saturated heterocycles. The first-order chi connectivity index (χ1) is 7.63. The average molecular weight is 247 g/mol. The van der Waals surface area contributed by atoms with E-state index in [9.17, 15) is 9.59 Å². The number of nitrogens with one attached hydrogen (secondary N) is 1. The van der Waals surface area contributed by atoms with E-state index in [0.29, 0.717) is 6.04 Å². The number of carbonyl (C=O) groups is 2. The van der Waals surface area contributed by atoms with Crippen LogP contribution < -0.4 is 5.32 Å². The second kappa shape index (κ2) is 6.74. The quantitative estimate of drug-likeness (QED) is 0.756.